The predicted octanol–water partition coefficient (Wildman–Crippen LogP) is 1.08. The van der Waals surface area contributed by atoms with Crippen molar-refractivity contribution in [3.05, 3.63) is 0 Å². The molecular formula is C13H27IN4O2S2. The standard InChI is InChI=1S/C13H26N4O2S2.HI/c1-21(18,19)16-12-5-3-2-4-11(12)10-15-13(14)17-6-8-20-9-7-17;/h11-12,16H,2-10H2,1H3,(H2,14,15);1H. The number of hydrogen-bond donors (Lipinski definition) is 2. The minimum absolute atomic E-state index is 0. The van der Waals surface area contributed by atoms with Crippen LogP contribution in [0.25, 0.3) is 0 Å². The molecule has 6 nitrogen and oxygen atoms in total. The van der Waals surface area contributed by atoms with Crippen LogP contribution in [0.5, 0.6) is 0 Å². The van der Waals surface area contributed by atoms with E-state index < -0.39 is 10.0 Å². The van der Waals surface area contributed by atoms with Gasteiger partial charge in [-0.15, -0.1) is 24.0 Å². The molecule has 1 saturated heterocycles. The number of aliphatic imine (C=N–C) groups is 1. The highest BCUT2D eigenvalue weighted by molar-refractivity contribution is 14.0. The lowest BCUT2D eigenvalue weighted by atomic mass is 9.85. The Kier molecular flexibility index (Phi) is 8.80. The lowest BCUT2D eigenvalue weighted by Crippen LogP contribution is -2.45. The van der Waals surface area contributed by atoms with Gasteiger partial charge in [0.25, 0.3) is 0 Å². The predicted molar refractivity (Wildman–Crippen MR) is 105 cm³/mol. The van der Waals surface area contributed by atoms with Crippen LogP contribution in [0.15, 0.2) is 4.99 Å². The molecule has 0 aromatic rings. The van der Waals surface area contributed by atoms with Gasteiger partial charge in [0.15, 0.2) is 5.96 Å². The Balaban J connectivity index is 0.00000242. The zero-order valence-corrected chi connectivity index (χ0v) is 17.0. The van der Waals surface area contributed by atoms with Crippen LogP contribution in [-0.2, 0) is 10.0 Å². The number of halogens is 1. The summed E-state index contributed by atoms with van der Waals surface area (Å²) in [5, 5.41) is 0. The van der Waals surface area contributed by atoms with Gasteiger partial charge in [0.2, 0.25) is 10.0 Å². The first-order chi connectivity index (χ1) is 9.96. The molecule has 2 rings (SSSR count). The van der Waals surface area contributed by atoms with Gasteiger partial charge in [0.05, 0.1) is 6.26 Å². The van der Waals surface area contributed by atoms with Gasteiger partial charge in [-0.1, -0.05) is 12.8 Å². The Bertz CT molecular complexity index is 467. The summed E-state index contributed by atoms with van der Waals surface area (Å²) in [5.41, 5.74) is 6.07. The molecule has 130 valence electrons. The summed E-state index contributed by atoms with van der Waals surface area (Å²) in [6.45, 7) is 2.52. The number of nitrogens with two attached hydrogens (primary N) is 1. The van der Waals surface area contributed by atoms with Crippen molar-refractivity contribution in [2.75, 3.05) is 37.4 Å². The van der Waals surface area contributed by atoms with Gasteiger partial charge in [-0.2, -0.15) is 11.8 Å². The van der Waals surface area contributed by atoms with Crippen molar-refractivity contribution in [3.63, 3.8) is 0 Å². The number of rotatable bonds is 4. The van der Waals surface area contributed by atoms with E-state index in [4.69, 9.17) is 5.73 Å². The van der Waals surface area contributed by atoms with Crippen molar-refractivity contribution in [2.24, 2.45) is 16.6 Å². The molecule has 0 aromatic carbocycles. The highest BCUT2D eigenvalue weighted by Gasteiger charge is 2.27. The van der Waals surface area contributed by atoms with E-state index in [0.29, 0.717) is 12.5 Å². The zero-order valence-electron chi connectivity index (χ0n) is 13.0. The number of hydrogen-bond acceptors (Lipinski definition) is 4. The molecule has 2 atom stereocenters. The van der Waals surface area contributed by atoms with Crippen LogP contribution in [-0.4, -0.2) is 62.7 Å². The van der Waals surface area contributed by atoms with Crippen molar-refractivity contribution in [1.29, 1.82) is 0 Å². The van der Waals surface area contributed by atoms with Crippen LogP contribution in [0.3, 0.4) is 0 Å². The minimum atomic E-state index is -3.16. The van der Waals surface area contributed by atoms with Crippen LogP contribution in [0.4, 0.5) is 0 Å². The minimum Gasteiger partial charge on any atom is -0.370 e. The Morgan fingerprint density at radius 1 is 1.32 bits per heavy atom. The van der Waals surface area contributed by atoms with Gasteiger partial charge in [0.1, 0.15) is 0 Å². The van der Waals surface area contributed by atoms with E-state index >= 15 is 0 Å². The summed E-state index contributed by atoms with van der Waals surface area (Å²) in [6.07, 6.45) is 5.35. The third kappa shape index (κ3) is 6.79. The second kappa shape index (κ2) is 9.53. The van der Waals surface area contributed by atoms with Crippen molar-refractivity contribution in [1.82, 2.24) is 9.62 Å². The molecule has 9 heteroatoms. The molecule has 1 aliphatic carbocycles. The first kappa shape index (κ1) is 20.3. The molecule has 2 fully saturated rings. The maximum Gasteiger partial charge on any atom is 0.208 e. The van der Waals surface area contributed by atoms with Crippen molar-refractivity contribution < 1.29 is 8.42 Å². The molecule has 0 bridgehead atoms. The van der Waals surface area contributed by atoms with Gasteiger partial charge in [-0.05, 0) is 18.8 Å². The number of guanidine groups is 1. The van der Waals surface area contributed by atoms with E-state index in [2.05, 4.69) is 14.6 Å². The molecule has 0 amide bonds. The Hall–Kier alpha value is 0.260. The van der Waals surface area contributed by atoms with Crippen LogP contribution in [0.1, 0.15) is 25.7 Å². The van der Waals surface area contributed by atoms with E-state index in [9.17, 15) is 8.42 Å². The Morgan fingerprint density at radius 2 is 1.95 bits per heavy atom. The average molecular weight is 462 g/mol. The van der Waals surface area contributed by atoms with Crippen molar-refractivity contribution in [3.8, 4) is 0 Å². The van der Waals surface area contributed by atoms with Crippen LogP contribution in [0, 0.1) is 5.92 Å². The van der Waals surface area contributed by atoms with E-state index in [1.54, 1.807) is 0 Å². The fourth-order valence-electron chi connectivity index (χ4n) is 2.96. The molecule has 2 aliphatic rings. The summed E-state index contributed by atoms with van der Waals surface area (Å²) in [5.74, 6) is 3.06. The van der Waals surface area contributed by atoms with Gasteiger partial charge < -0.3 is 10.6 Å². The zero-order chi connectivity index (χ0) is 15.3. The van der Waals surface area contributed by atoms with Gasteiger partial charge in [-0.25, -0.2) is 13.1 Å². The summed E-state index contributed by atoms with van der Waals surface area (Å²) >= 11 is 1.94. The third-order valence-corrected chi connectivity index (χ3v) is 5.77. The first-order valence-corrected chi connectivity index (χ1v) is 10.6. The first-order valence-electron chi connectivity index (χ1n) is 7.55. The molecule has 1 aliphatic heterocycles. The van der Waals surface area contributed by atoms with Gasteiger partial charge >= 0.3 is 0 Å². The normalized spacial score (nSPS) is 27.3. The molecule has 0 spiro atoms. The topological polar surface area (TPSA) is 87.8 Å². The lowest BCUT2D eigenvalue weighted by molar-refractivity contribution is 0.296. The number of sulfonamides is 1. The molecule has 22 heavy (non-hydrogen) atoms. The summed E-state index contributed by atoms with van der Waals surface area (Å²) in [7, 11) is -3.16. The van der Waals surface area contributed by atoms with Crippen LogP contribution < -0.4 is 10.5 Å². The SMILES string of the molecule is CS(=O)(=O)NC1CCCCC1CN=C(N)N1CCSCC1.I. The summed E-state index contributed by atoms with van der Waals surface area (Å²) in [4.78, 5) is 6.65. The average Bonchev–Trinajstić information content (AvgIpc) is 2.45. The van der Waals surface area contributed by atoms with E-state index in [1.165, 1.54) is 6.26 Å². The third-order valence-electron chi connectivity index (χ3n) is 4.10. The smallest absolute Gasteiger partial charge is 0.208 e. The second-order valence-electron chi connectivity index (χ2n) is 5.84. The molecular weight excluding hydrogens is 435 g/mol. The highest BCUT2D eigenvalue weighted by Crippen LogP contribution is 2.25. The maximum atomic E-state index is 11.4. The molecule has 0 radical (unpaired) electrons. The van der Waals surface area contributed by atoms with E-state index in [-0.39, 0.29) is 35.9 Å². The molecule has 1 saturated carbocycles. The molecule has 0 aromatic heterocycles. The maximum absolute atomic E-state index is 11.4. The van der Waals surface area contributed by atoms with Crippen molar-refractivity contribution in [2.45, 2.75) is 31.7 Å². The molecule has 3 N–H and O–H groups in total. The van der Waals surface area contributed by atoms with Gasteiger partial charge in [0, 0.05) is 37.2 Å². The quantitative estimate of drug-likeness (QED) is 0.371. The number of nitrogens with zero attached hydrogens (tertiary/aromatic N) is 2. The summed E-state index contributed by atoms with van der Waals surface area (Å²) in [6, 6.07) is 0.00205. The Labute approximate surface area is 155 Å². The molecule has 1 heterocycles. The highest BCUT2D eigenvalue weighted by atomic mass is 127. The fraction of sp³-hybridized carbons (Fsp3) is 0.923. The van der Waals surface area contributed by atoms with Crippen LogP contribution >= 0.6 is 35.7 Å². The second-order valence-corrected chi connectivity index (χ2v) is 8.84. The Morgan fingerprint density at radius 3 is 2.59 bits per heavy atom. The van der Waals surface area contributed by atoms with E-state index in [0.717, 1.165) is 50.3 Å². The largest absolute Gasteiger partial charge is 0.370 e. The molecule has 2 unspecified atom stereocenters. The monoisotopic (exact) mass is 462 g/mol. The van der Waals surface area contributed by atoms with Gasteiger partial charge in [-0.3, -0.25) is 4.99 Å². The summed E-state index contributed by atoms with van der Waals surface area (Å²) < 4.78 is 25.7. The van der Waals surface area contributed by atoms with Crippen molar-refractivity contribution >= 4 is 51.7 Å². The van der Waals surface area contributed by atoms with E-state index in [1.807, 2.05) is 11.8 Å². The number of thioether (sulfide) groups is 1. The number of nitrogens with one attached hydrogen (secondary N) is 1. The van der Waals surface area contributed by atoms with Crippen LogP contribution in [0.2, 0.25) is 0 Å². The lowest BCUT2D eigenvalue weighted by Gasteiger charge is -2.31. The fourth-order valence-corrected chi connectivity index (χ4v) is 4.72.